The minimum Gasteiger partial charge on any atom is -0.496 e. The van der Waals surface area contributed by atoms with E-state index in [0.717, 1.165) is 22.2 Å². The average molecular weight is 303 g/mol. The number of ether oxygens (including phenoxy) is 1. The van der Waals surface area contributed by atoms with Crippen molar-refractivity contribution in [2.24, 2.45) is 5.10 Å². The first-order valence-corrected chi connectivity index (χ1v) is 7.31. The van der Waals surface area contributed by atoms with Crippen LogP contribution < -0.4 is 10.2 Å². The topological polar surface area (TPSA) is 46.5 Å². The summed E-state index contributed by atoms with van der Waals surface area (Å²) in [5.74, 6) is 1.55. The van der Waals surface area contributed by atoms with E-state index in [1.807, 2.05) is 72.8 Å². The number of hydrazone groups is 1. The molecule has 4 nitrogen and oxygen atoms in total. The lowest BCUT2D eigenvalue weighted by atomic mass is 10.2. The van der Waals surface area contributed by atoms with Gasteiger partial charge in [-0.25, -0.2) is 4.98 Å². The molecule has 0 saturated carbocycles. The molecule has 0 aliphatic carbocycles. The minimum absolute atomic E-state index is 0.714. The van der Waals surface area contributed by atoms with Gasteiger partial charge in [0.1, 0.15) is 11.6 Å². The van der Waals surface area contributed by atoms with Crippen LogP contribution >= 0.6 is 0 Å². The molecule has 3 aromatic rings. The van der Waals surface area contributed by atoms with Gasteiger partial charge in [-0.2, -0.15) is 5.10 Å². The third-order valence-corrected chi connectivity index (χ3v) is 3.35. The molecule has 114 valence electrons. The number of nitrogens with zero attached hydrogens (tertiary/aromatic N) is 2. The van der Waals surface area contributed by atoms with Crippen LogP contribution in [0.25, 0.3) is 17.0 Å². The number of para-hydroxylation sites is 2. The fourth-order valence-corrected chi connectivity index (χ4v) is 2.23. The molecule has 0 unspecified atom stereocenters. The molecule has 0 spiro atoms. The summed E-state index contributed by atoms with van der Waals surface area (Å²) >= 11 is 0. The molecular weight excluding hydrogens is 286 g/mol. The second-order valence-corrected chi connectivity index (χ2v) is 4.88. The highest BCUT2D eigenvalue weighted by Crippen LogP contribution is 2.18. The van der Waals surface area contributed by atoms with Crippen molar-refractivity contribution in [3.8, 4) is 5.75 Å². The van der Waals surface area contributed by atoms with Gasteiger partial charge < -0.3 is 4.74 Å². The summed E-state index contributed by atoms with van der Waals surface area (Å²) in [6, 6.07) is 19.7. The van der Waals surface area contributed by atoms with Gasteiger partial charge in [-0.15, -0.1) is 0 Å². The highest BCUT2D eigenvalue weighted by molar-refractivity contribution is 5.81. The third kappa shape index (κ3) is 3.74. The van der Waals surface area contributed by atoms with Gasteiger partial charge in [-0.1, -0.05) is 36.4 Å². The van der Waals surface area contributed by atoms with Gasteiger partial charge in [-0.3, -0.25) is 5.43 Å². The summed E-state index contributed by atoms with van der Waals surface area (Å²) in [6.45, 7) is 0. The normalized spacial score (nSPS) is 11.3. The zero-order valence-electron chi connectivity index (χ0n) is 12.8. The van der Waals surface area contributed by atoms with Crippen molar-refractivity contribution >= 4 is 29.0 Å². The third-order valence-electron chi connectivity index (χ3n) is 3.35. The molecule has 0 saturated heterocycles. The minimum atomic E-state index is 0.714. The predicted octanol–water partition coefficient (Wildman–Crippen LogP) is 4.35. The predicted molar refractivity (Wildman–Crippen MR) is 95.9 cm³/mol. The summed E-state index contributed by atoms with van der Waals surface area (Å²) in [5.41, 5.74) is 4.87. The summed E-state index contributed by atoms with van der Waals surface area (Å²) in [4.78, 5) is 4.49. The quantitative estimate of drug-likeness (QED) is 0.563. The van der Waals surface area contributed by atoms with E-state index in [9.17, 15) is 0 Å². The molecule has 0 aliphatic rings. The molecule has 1 heterocycles. The van der Waals surface area contributed by atoms with E-state index in [2.05, 4.69) is 15.5 Å². The van der Waals surface area contributed by atoms with Crippen LogP contribution in [0.15, 0.2) is 71.8 Å². The monoisotopic (exact) mass is 303 g/mol. The van der Waals surface area contributed by atoms with Gasteiger partial charge in [0, 0.05) is 17.2 Å². The Morgan fingerprint density at radius 2 is 1.83 bits per heavy atom. The van der Waals surface area contributed by atoms with Gasteiger partial charge >= 0.3 is 0 Å². The van der Waals surface area contributed by atoms with Crippen molar-refractivity contribution in [2.45, 2.75) is 0 Å². The number of anilines is 1. The highest BCUT2D eigenvalue weighted by Gasteiger charge is 1.96. The van der Waals surface area contributed by atoms with Crippen molar-refractivity contribution in [1.29, 1.82) is 0 Å². The van der Waals surface area contributed by atoms with E-state index in [4.69, 9.17) is 4.74 Å². The molecule has 0 atom stereocenters. The molecule has 0 aliphatic heterocycles. The molecule has 3 rings (SSSR count). The molecule has 0 amide bonds. The number of aromatic nitrogens is 1. The molecule has 0 fully saturated rings. The second kappa shape index (κ2) is 7.22. The van der Waals surface area contributed by atoms with Gasteiger partial charge in [0.05, 0.1) is 12.6 Å². The second-order valence-electron chi connectivity index (χ2n) is 4.88. The van der Waals surface area contributed by atoms with Crippen LogP contribution in [0.4, 0.5) is 5.82 Å². The Labute approximate surface area is 135 Å². The molecule has 2 aromatic carbocycles. The number of nitrogens with one attached hydrogen (secondary N) is 1. The Morgan fingerprint density at radius 3 is 2.74 bits per heavy atom. The fraction of sp³-hybridized carbons (Fsp3) is 0.0526. The van der Waals surface area contributed by atoms with Gasteiger partial charge in [0.15, 0.2) is 0 Å². The Morgan fingerprint density at radius 1 is 1.00 bits per heavy atom. The molecule has 1 aromatic heterocycles. The molecule has 0 radical (unpaired) electrons. The molecule has 23 heavy (non-hydrogen) atoms. The SMILES string of the molecule is COc1ccccc1/C=C/C=N/Nc1ccc2ccccc2n1. The lowest BCUT2D eigenvalue weighted by Gasteiger charge is -2.02. The van der Waals surface area contributed by atoms with E-state index in [0.29, 0.717) is 5.82 Å². The average Bonchev–Trinajstić information content (AvgIpc) is 2.61. The first-order valence-electron chi connectivity index (χ1n) is 7.31. The van der Waals surface area contributed by atoms with Crippen LogP contribution in [-0.2, 0) is 0 Å². The first kappa shape index (κ1) is 14.8. The van der Waals surface area contributed by atoms with E-state index in [1.165, 1.54) is 0 Å². The molecule has 1 N–H and O–H groups in total. The number of fused-ring (bicyclic) bond motifs is 1. The van der Waals surface area contributed by atoms with Crippen LogP contribution in [0.2, 0.25) is 0 Å². The molecule has 0 bridgehead atoms. The van der Waals surface area contributed by atoms with Crippen molar-refractivity contribution in [3.05, 3.63) is 72.3 Å². The first-order chi connectivity index (χ1) is 11.4. The maximum Gasteiger partial charge on any atom is 0.146 e. The highest BCUT2D eigenvalue weighted by atomic mass is 16.5. The lowest BCUT2D eigenvalue weighted by Crippen LogP contribution is -1.92. The van der Waals surface area contributed by atoms with Crippen molar-refractivity contribution in [1.82, 2.24) is 4.98 Å². The Bertz CT molecular complexity index is 856. The van der Waals surface area contributed by atoms with Crippen LogP contribution in [0, 0.1) is 0 Å². The maximum absolute atomic E-state index is 5.29. The van der Waals surface area contributed by atoms with Crippen LogP contribution in [0.5, 0.6) is 5.75 Å². The smallest absolute Gasteiger partial charge is 0.146 e. The number of benzene rings is 2. The summed E-state index contributed by atoms with van der Waals surface area (Å²) < 4.78 is 5.29. The van der Waals surface area contributed by atoms with E-state index >= 15 is 0 Å². The standard InChI is InChI=1S/C19H17N3O/c1-23-18-11-5-3-8-16(18)9-6-14-20-22-19-13-12-15-7-2-4-10-17(15)21-19/h2-14H,1H3,(H,21,22)/b9-6+,20-14+. The number of hydrogen-bond donors (Lipinski definition) is 1. The van der Waals surface area contributed by atoms with Crippen LogP contribution in [-0.4, -0.2) is 18.3 Å². The van der Waals surface area contributed by atoms with Gasteiger partial charge in [0.2, 0.25) is 0 Å². The number of hydrogen-bond acceptors (Lipinski definition) is 4. The zero-order valence-corrected chi connectivity index (χ0v) is 12.8. The van der Waals surface area contributed by atoms with Crippen molar-refractivity contribution < 1.29 is 4.74 Å². The van der Waals surface area contributed by atoms with E-state index < -0.39 is 0 Å². The largest absolute Gasteiger partial charge is 0.496 e. The molecular formula is C19H17N3O. The Kier molecular flexibility index (Phi) is 4.64. The Balaban J connectivity index is 1.65. The van der Waals surface area contributed by atoms with Gasteiger partial charge in [-0.05, 0) is 36.4 Å². The number of methoxy groups -OCH3 is 1. The van der Waals surface area contributed by atoms with E-state index in [-0.39, 0.29) is 0 Å². The summed E-state index contributed by atoms with van der Waals surface area (Å²) in [7, 11) is 1.66. The zero-order chi connectivity index (χ0) is 15.9. The van der Waals surface area contributed by atoms with Crippen LogP contribution in [0.3, 0.4) is 0 Å². The summed E-state index contributed by atoms with van der Waals surface area (Å²) in [5, 5.41) is 5.26. The fourth-order valence-electron chi connectivity index (χ4n) is 2.23. The van der Waals surface area contributed by atoms with E-state index in [1.54, 1.807) is 13.3 Å². The molecule has 4 heteroatoms. The lowest BCUT2D eigenvalue weighted by molar-refractivity contribution is 0.414. The van der Waals surface area contributed by atoms with Crippen molar-refractivity contribution in [3.63, 3.8) is 0 Å². The van der Waals surface area contributed by atoms with Gasteiger partial charge in [0.25, 0.3) is 0 Å². The maximum atomic E-state index is 5.29. The Hall–Kier alpha value is -3.14. The van der Waals surface area contributed by atoms with Crippen LogP contribution in [0.1, 0.15) is 5.56 Å². The number of rotatable bonds is 5. The summed E-state index contributed by atoms with van der Waals surface area (Å²) in [6.07, 6.45) is 5.48. The van der Waals surface area contributed by atoms with Crippen molar-refractivity contribution in [2.75, 3.05) is 12.5 Å². The number of pyridine rings is 1. The number of allylic oxidation sites excluding steroid dienone is 1.